The zero-order chi connectivity index (χ0) is 13.1. The van der Waals surface area contributed by atoms with Gasteiger partial charge in [-0.25, -0.2) is 9.97 Å². The average Bonchev–Trinajstić information content (AvgIpc) is 2.33. The van der Waals surface area contributed by atoms with Crippen LogP contribution in [0, 0.1) is 13.8 Å². The molecule has 0 radical (unpaired) electrons. The van der Waals surface area contributed by atoms with Gasteiger partial charge in [-0.05, 0) is 47.8 Å². The summed E-state index contributed by atoms with van der Waals surface area (Å²) in [6.45, 7) is 6.89. The molecule has 0 aliphatic carbocycles. The van der Waals surface area contributed by atoms with Gasteiger partial charge in [-0.1, -0.05) is 6.07 Å². The largest absolute Gasteiger partial charge is 0.369 e. The van der Waals surface area contributed by atoms with Crippen molar-refractivity contribution >= 4 is 21.7 Å². The van der Waals surface area contributed by atoms with Gasteiger partial charge in [0.2, 0.25) is 0 Å². The van der Waals surface area contributed by atoms with Gasteiger partial charge in [0, 0.05) is 18.9 Å². The summed E-state index contributed by atoms with van der Waals surface area (Å²) in [4.78, 5) is 13.2. The van der Waals surface area contributed by atoms with Crippen LogP contribution < -0.4 is 5.32 Å². The monoisotopic (exact) mass is 306 g/mol. The molecule has 1 N–H and O–H groups in total. The van der Waals surface area contributed by atoms with Crippen LogP contribution in [0.3, 0.4) is 0 Å². The van der Waals surface area contributed by atoms with Gasteiger partial charge in [0.25, 0.3) is 0 Å². The molecular formula is C13H15BrN4. The van der Waals surface area contributed by atoms with Crippen molar-refractivity contribution in [2.24, 2.45) is 0 Å². The van der Waals surface area contributed by atoms with Crippen molar-refractivity contribution in [2.45, 2.75) is 20.8 Å². The van der Waals surface area contributed by atoms with Gasteiger partial charge in [-0.2, -0.15) is 0 Å². The molecule has 0 saturated carbocycles. The molecule has 2 aromatic rings. The highest BCUT2D eigenvalue weighted by atomic mass is 79.9. The summed E-state index contributed by atoms with van der Waals surface area (Å²) in [5.74, 6) is 1.44. The number of nitrogens with one attached hydrogen (secondary N) is 1. The van der Waals surface area contributed by atoms with E-state index >= 15 is 0 Å². The molecule has 2 rings (SSSR count). The molecule has 0 amide bonds. The van der Waals surface area contributed by atoms with Gasteiger partial charge in [0.05, 0.1) is 4.47 Å². The lowest BCUT2D eigenvalue weighted by Gasteiger charge is -2.08. The van der Waals surface area contributed by atoms with E-state index in [1.165, 1.54) is 0 Å². The Balaban J connectivity index is 2.47. The predicted molar refractivity (Wildman–Crippen MR) is 76.6 cm³/mol. The van der Waals surface area contributed by atoms with Gasteiger partial charge in [0.1, 0.15) is 11.5 Å². The van der Waals surface area contributed by atoms with E-state index in [-0.39, 0.29) is 0 Å². The van der Waals surface area contributed by atoms with Gasteiger partial charge >= 0.3 is 0 Å². The van der Waals surface area contributed by atoms with E-state index in [0.717, 1.165) is 33.7 Å². The summed E-state index contributed by atoms with van der Waals surface area (Å²) >= 11 is 3.43. The molecule has 0 aliphatic rings. The lowest BCUT2D eigenvalue weighted by atomic mass is 10.1. The normalized spacial score (nSPS) is 10.4. The van der Waals surface area contributed by atoms with Gasteiger partial charge in [0.15, 0.2) is 5.82 Å². The number of halogens is 1. The predicted octanol–water partition coefficient (Wildman–Crippen LogP) is 3.35. The van der Waals surface area contributed by atoms with Crippen molar-refractivity contribution in [3.63, 3.8) is 0 Å². The number of nitrogens with zero attached hydrogens (tertiary/aromatic N) is 3. The zero-order valence-electron chi connectivity index (χ0n) is 10.7. The fourth-order valence-electron chi connectivity index (χ4n) is 1.72. The first-order chi connectivity index (χ1) is 8.61. The molecule has 2 heterocycles. The van der Waals surface area contributed by atoms with E-state index in [2.05, 4.69) is 42.3 Å². The maximum atomic E-state index is 4.49. The summed E-state index contributed by atoms with van der Waals surface area (Å²) in [6.07, 6.45) is 3.59. The van der Waals surface area contributed by atoms with Crippen LogP contribution >= 0.6 is 15.9 Å². The molecule has 2 aromatic heterocycles. The molecule has 0 spiro atoms. The number of hydrogen-bond donors (Lipinski definition) is 1. The summed E-state index contributed by atoms with van der Waals surface area (Å²) in [7, 11) is 0. The third-order valence-electron chi connectivity index (χ3n) is 2.52. The Labute approximate surface area is 115 Å². The van der Waals surface area contributed by atoms with E-state index in [1.54, 1.807) is 6.20 Å². The molecular weight excluding hydrogens is 292 g/mol. The van der Waals surface area contributed by atoms with Gasteiger partial charge in [-0.3, -0.25) is 4.98 Å². The summed E-state index contributed by atoms with van der Waals surface area (Å²) in [6, 6.07) is 2.08. The van der Waals surface area contributed by atoms with Crippen LogP contribution in [0.2, 0.25) is 0 Å². The number of anilines is 1. The maximum Gasteiger partial charge on any atom is 0.180 e. The second kappa shape index (κ2) is 5.44. The molecule has 0 saturated heterocycles. The van der Waals surface area contributed by atoms with Crippen LogP contribution in [-0.4, -0.2) is 21.5 Å². The summed E-state index contributed by atoms with van der Waals surface area (Å²) in [5, 5.41) is 3.19. The molecule has 0 aromatic carbocycles. The van der Waals surface area contributed by atoms with Crippen LogP contribution in [-0.2, 0) is 0 Å². The number of aromatic nitrogens is 3. The fraction of sp³-hybridized carbons (Fsp3) is 0.308. The van der Waals surface area contributed by atoms with Crippen molar-refractivity contribution in [1.82, 2.24) is 15.0 Å². The number of pyridine rings is 1. The molecule has 94 valence electrons. The lowest BCUT2D eigenvalue weighted by Crippen LogP contribution is -2.03. The van der Waals surface area contributed by atoms with Gasteiger partial charge < -0.3 is 5.32 Å². The van der Waals surface area contributed by atoms with Crippen molar-refractivity contribution in [1.29, 1.82) is 0 Å². The smallest absolute Gasteiger partial charge is 0.180 e. The minimum atomic E-state index is 0.645. The average molecular weight is 307 g/mol. The highest BCUT2D eigenvalue weighted by molar-refractivity contribution is 9.10. The minimum absolute atomic E-state index is 0.645. The SMILES string of the molecule is CCNc1nc(-c2ncc(C)cc2C)ncc1Br. The Morgan fingerprint density at radius 3 is 2.67 bits per heavy atom. The molecule has 18 heavy (non-hydrogen) atoms. The second-order valence-electron chi connectivity index (χ2n) is 4.10. The van der Waals surface area contributed by atoms with E-state index in [9.17, 15) is 0 Å². The standard InChI is InChI=1S/C13H15BrN4/c1-4-15-12-10(14)7-17-13(18-12)11-9(3)5-8(2)6-16-11/h5-7H,4H2,1-3H3,(H,15,17,18). The molecule has 0 unspecified atom stereocenters. The number of aryl methyl sites for hydroxylation is 2. The highest BCUT2D eigenvalue weighted by Gasteiger charge is 2.10. The first-order valence-electron chi connectivity index (χ1n) is 5.82. The van der Waals surface area contributed by atoms with Crippen molar-refractivity contribution in [2.75, 3.05) is 11.9 Å². The summed E-state index contributed by atoms with van der Waals surface area (Å²) in [5.41, 5.74) is 3.05. The van der Waals surface area contributed by atoms with Crippen LogP contribution in [0.25, 0.3) is 11.5 Å². The van der Waals surface area contributed by atoms with Crippen molar-refractivity contribution in [3.05, 3.63) is 34.1 Å². The highest BCUT2D eigenvalue weighted by Crippen LogP contribution is 2.24. The van der Waals surface area contributed by atoms with Crippen LogP contribution in [0.5, 0.6) is 0 Å². The molecule has 0 aliphatic heterocycles. The second-order valence-corrected chi connectivity index (χ2v) is 4.95. The van der Waals surface area contributed by atoms with Crippen LogP contribution in [0.4, 0.5) is 5.82 Å². The Morgan fingerprint density at radius 2 is 2.00 bits per heavy atom. The Bertz CT molecular complexity index is 569. The third kappa shape index (κ3) is 2.67. The first-order valence-corrected chi connectivity index (χ1v) is 6.61. The molecule has 0 bridgehead atoms. The zero-order valence-corrected chi connectivity index (χ0v) is 12.2. The van der Waals surface area contributed by atoms with E-state index < -0.39 is 0 Å². The Morgan fingerprint density at radius 1 is 1.22 bits per heavy atom. The molecule has 0 atom stereocenters. The van der Waals surface area contributed by atoms with Gasteiger partial charge in [-0.15, -0.1) is 0 Å². The minimum Gasteiger partial charge on any atom is -0.369 e. The topological polar surface area (TPSA) is 50.7 Å². The molecule has 4 nitrogen and oxygen atoms in total. The van der Waals surface area contributed by atoms with E-state index in [1.807, 2.05) is 27.0 Å². The van der Waals surface area contributed by atoms with Crippen molar-refractivity contribution < 1.29 is 0 Å². The molecule has 5 heteroatoms. The number of hydrogen-bond acceptors (Lipinski definition) is 4. The Kier molecular flexibility index (Phi) is 3.91. The lowest BCUT2D eigenvalue weighted by molar-refractivity contribution is 1.08. The first kappa shape index (κ1) is 13.0. The third-order valence-corrected chi connectivity index (χ3v) is 3.10. The Hall–Kier alpha value is -1.49. The quantitative estimate of drug-likeness (QED) is 0.945. The van der Waals surface area contributed by atoms with E-state index in [0.29, 0.717) is 5.82 Å². The van der Waals surface area contributed by atoms with E-state index in [4.69, 9.17) is 0 Å². The maximum absolute atomic E-state index is 4.49. The van der Waals surface area contributed by atoms with Crippen LogP contribution in [0.1, 0.15) is 18.1 Å². The van der Waals surface area contributed by atoms with Crippen LogP contribution in [0.15, 0.2) is 22.9 Å². The number of rotatable bonds is 3. The molecule has 0 fully saturated rings. The fourth-order valence-corrected chi connectivity index (χ4v) is 2.05. The summed E-state index contributed by atoms with van der Waals surface area (Å²) < 4.78 is 0.859. The van der Waals surface area contributed by atoms with Crippen molar-refractivity contribution in [3.8, 4) is 11.5 Å².